The molecule has 0 aliphatic carbocycles. The van der Waals surface area contributed by atoms with Gasteiger partial charge in [0.05, 0.1) is 28.3 Å². The number of sulfonamides is 1. The SMILES string of the molecule is CCOCCn1c(=NC(=O)C2CCN(S(=O)(=O)c3ccc(Cl)s3)CC2)sc2cc(OC)ccc21. The van der Waals surface area contributed by atoms with Crippen LogP contribution in [0.5, 0.6) is 5.75 Å². The third-order valence-corrected chi connectivity index (χ3v) is 10.3. The summed E-state index contributed by atoms with van der Waals surface area (Å²) in [5, 5.41) is 0. The lowest BCUT2D eigenvalue weighted by molar-refractivity contribution is -0.122. The molecule has 8 nitrogen and oxygen atoms in total. The highest BCUT2D eigenvalue weighted by atomic mass is 35.5. The molecule has 0 saturated carbocycles. The van der Waals surface area contributed by atoms with E-state index < -0.39 is 10.0 Å². The van der Waals surface area contributed by atoms with Crippen LogP contribution in [0, 0.1) is 5.92 Å². The smallest absolute Gasteiger partial charge is 0.252 e. The fourth-order valence-corrected chi connectivity index (χ4v) is 8.07. The second kappa shape index (κ2) is 10.9. The zero-order chi connectivity index (χ0) is 24.3. The summed E-state index contributed by atoms with van der Waals surface area (Å²) in [6.45, 7) is 4.19. The zero-order valence-electron chi connectivity index (χ0n) is 18.9. The number of nitrogens with zero attached hydrogens (tertiary/aromatic N) is 3. The number of aromatic nitrogens is 1. The van der Waals surface area contributed by atoms with Crippen LogP contribution in [0.1, 0.15) is 19.8 Å². The second-order valence-corrected chi connectivity index (χ2v) is 12.6. The molecule has 0 spiro atoms. The Balaban J connectivity index is 1.53. The molecule has 184 valence electrons. The lowest BCUT2D eigenvalue weighted by Crippen LogP contribution is -2.40. The van der Waals surface area contributed by atoms with Crippen molar-refractivity contribution in [3.05, 3.63) is 39.5 Å². The van der Waals surface area contributed by atoms with Crippen molar-refractivity contribution < 1.29 is 22.7 Å². The van der Waals surface area contributed by atoms with Crippen LogP contribution in [0.3, 0.4) is 0 Å². The van der Waals surface area contributed by atoms with E-state index >= 15 is 0 Å². The largest absolute Gasteiger partial charge is 0.497 e. The highest BCUT2D eigenvalue weighted by molar-refractivity contribution is 7.91. The summed E-state index contributed by atoms with van der Waals surface area (Å²) in [6, 6.07) is 8.87. The molecular formula is C22H26ClN3O5S3. The van der Waals surface area contributed by atoms with Crippen LogP contribution < -0.4 is 9.54 Å². The molecule has 1 amide bonds. The number of rotatable bonds is 8. The van der Waals surface area contributed by atoms with Crippen molar-refractivity contribution in [2.45, 2.75) is 30.5 Å². The van der Waals surface area contributed by atoms with Crippen LogP contribution >= 0.6 is 34.3 Å². The van der Waals surface area contributed by atoms with E-state index in [9.17, 15) is 13.2 Å². The average molecular weight is 544 g/mol. The first-order valence-electron chi connectivity index (χ1n) is 10.9. The van der Waals surface area contributed by atoms with Gasteiger partial charge in [-0.25, -0.2) is 8.42 Å². The number of hydrogen-bond acceptors (Lipinski definition) is 7. The third-order valence-electron chi connectivity index (χ3n) is 5.70. The standard InChI is InChI=1S/C22H26ClN3O5S3/c1-3-31-13-12-26-17-5-4-16(30-2)14-18(17)32-22(26)24-21(27)15-8-10-25(11-9-15)34(28,29)20-7-6-19(23)33-20/h4-7,14-15H,3,8-13H2,1-2H3. The molecule has 0 bridgehead atoms. The van der Waals surface area contributed by atoms with Gasteiger partial charge in [0, 0.05) is 32.2 Å². The Morgan fingerprint density at radius 3 is 2.62 bits per heavy atom. The van der Waals surface area contributed by atoms with Gasteiger partial charge in [-0.05, 0) is 50.1 Å². The number of carbonyl (C=O) groups excluding carboxylic acids is 1. The molecule has 4 rings (SSSR count). The van der Waals surface area contributed by atoms with Crippen molar-refractivity contribution in [1.29, 1.82) is 0 Å². The minimum Gasteiger partial charge on any atom is -0.497 e. The molecule has 0 atom stereocenters. The summed E-state index contributed by atoms with van der Waals surface area (Å²) in [4.78, 5) is 18.1. The molecule has 0 N–H and O–H groups in total. The second-order valence-electron chi connectivity index (χ2n) is 7.75. The number of piperidine rings is 1. The number of thiophene rings is 1. The van der Waals surface area contributed by atoms with Gasteiger partial charge in [0.1, 0.15) is 9.96 Å². The van der Waals surface area contributed by atoms with Gasteiger partial charge in [-0.2, -0.15) is 9.30 Å². The molecule has 3 heterocycles. The van der Waals surface area contributed by atoms with Gasteiger partial charge in [0.15, 0.2) is 4.80 Å². The summed E-state index contributed by atoms with van der Waals surface area (Å²) < 4.78 is 41.6. The van der Waals surface area contributed by atoms with Crippen LogP contribution in [0.25, 0.3) is 10.2 Å². The summed E-state index contributed by atoms with van der Waals surface area (Å²) in [5.74, 6) is 0.197. The summed E-state index contributed by atoms with van der Waals surface area (Å²) >= 11 is 8.38. The van der Waals surface area contributed by atoms with Crippen LogP contribution in [0.4, 0.5) is 0 Å². The van der Waals surface area contributed by atoms with E-state index in [1.165, 1.54) is 21.7 Å². The summed E-state index contributed by atoms with van der Waals surface area (Å²) in [6.07, 6.45) is 0.858. The van der Waals surface area contributed by atoms with Gasteiger partial charge in [0.25, 0.3) is 15.9 Å². The number of benzene rings is 1. The number of ether oxygens (including phenoxy) is 2. The minimum atomic E-state index is -3.60. The van der Waals surface area contributed by atoms with E-state index in [-0.39, 0.29) is 29.1 Å². The predicted molar refractivity (Wildman–Crippen MR) is 134 cm³/mol. The molecule has 12 heteroatoms. The Morgan fingerprint density at radius 1 is 1.21 bits per heavy atom. The molecule has 3 aromatic rings. The molecule has 2 aromatic heterocycles. The number of fused-ring (bicyclic) bond motifs is 1. The third kappa shape index (κ3) is 5.39. The Morgan fingerprint density at radius 2 is 1.97 bits per heavy atom. The van der Waals surface area contributed by atoms with Gasteiger partial charge >= 0.3 is 0 Å². The maximum Gasteiger partial charge on any atom is 0.252 e. The Labute approximate surface area is 211 Å². The van der Waals surface area contributed by atoms with Gasteiger partial charge in [0.2, 0.25) is 0 Å². The molecular weight excluding hydrogens is 518 g/mol. The topological polar surface area (TPSA) is 90.2 Å². The molecule has 1 aliphatic heterocycles. The van der Waals surface area contributed by atoms with E-state index in [0.717, 1.165) is 27.3 Å². The minimum absolute atomic E-state index is 0.222. The highest BCUT2D eigenvalue weighted by Crippen LogP contribution is 2.31. The fraction of sp³-hybridized carbons (Fsp3) is 0.455. The molecule has 1 aromatic carbocycles. The van der Waals surface area contributed by atoms with E-state index in [1.807, 2.05) is 29.7 Å². The number of thiazole rings is 1. The van der Waals surface area contributed by atoms with E-state index in [4.69, 9.17) is 21.1 Å². The molecule has 1 aliphatic rings. The number of methoxy groups -OCH3 is 1. The maximum absolute atomic E-state index is 13.1. The van der Waals surface area contributed by atoms with Crippen molar-refractivity contribution in [2.75, 3.05) is 33.4 Å². The number of amides is 1. The van der Waals surface area contributed by atoms with E-state index in [1.54, 1.807) is 13.2 Å². The first kappa shape index (κ1) is 25.3. The monoisotopic (exact) mass is 543 g/mol. The highest BCUT2D eigenvalue weighted by Gasteiger charge is 2.33. The molecule has 0 radical (unpaired) electrons. The van der Waals surface area contributed by atoms with Crippen molar-refractivity contribution >= 4 is 60.4 Å². The Hall–Kier alpha value is -1.76. The summed E-state index contributed by atoms with van der Waals surface area (Å²) in [7, 11) is -1.98. The Bertz CT molecular complexity index is 1340. The Kier molecular flexibility index (Phi) is 8.11. The lowest BCUT2D eigenvalue weighted by atomic mass is 9.98. The van der Waals surface area contributed by atoms with E-state index in [0.29, 0.717) is 41.7 Å². The van der Waals surface area contributed by atoms with Crippen LogP contribution in [-0.4, -0.2) is 56.6 Å². The predicted octanol–water partition coefficient (Wildman–Crippen LogP) is 3.99. The van der Waals surface area contributed by atoms with Gasteiger partial charge in [-0.3, -0.25) is 4.79 Å². The van der Waals surface area contributed by atoms with Gasteiger partial charge in [-0.1, -0.05) is 22.9 Å². The maximum atomic E-state index is 13.1. The zero-order valence-corrected chi connectivity index (χ0v) is 22.1. The van der Waals surface area contributed by atoms with Crippen molar-refractivity contribution in [3.63, 3.8) is 0 Å². The summed E-state index contributed by atoms with van der Waals surface area (Å²) in [5.41, 5.74) is 0.965. The normalized spacial score (nSPS) is 16.4. The van der Waals surface area contributed by atoms with Crippen LogP contribution in [-0.2, 0) is 26.1 Å². The number of carbonyl (C=O) groups is 1. The van der Waals surface area contributed by atoms with Crippen molar-refractivity contribution in [3.8, 4) is 5.75 Å². The van der Waals surface area contributed by atoms with Gasteiger partial charge < -0.3 is 14.0 Å². The van der Waals surface area contributed by atoms with Gasteiger partial charge in [-0.15, -0.1) is 11.3 Å². The van der Waals surface area contributed by atoms with Crippen molar-refractivity contribution in [2.24, 2.45) is 10.9 Å². The number of hydrogen-bond donors (Lipinski definition) is 0. The number of halogens is 1. The van der Waals surface area contributed by atoms with E-state index in [2.05, 4.69) is 4.99 Å². The first-order chi connectivity index (χ1) is 16.3. The lowest BCUT2D eigenvalue weighted by Gasteiger charge is -2.29. The fourth-order valence-electron chi connectivity index (χ4n) is 3.87. The molecule has 1 fully saturated rings. The van der Waals surface area contributed by atoms with Crippen LogP contribution in [0.2, 0.25) is 4.34 Å². The first-order valence-corrected chi connectivity index (χ1v) is 14.4. The molecule has 34 heavy (non-hydrogen) atoms. The van der Waals surface area contributed by atoms with Crippen molar-refractivity contribution in [1.82, 2.24) is 8.87 Å². The quantitative estimate of drug-likeness (QED) is 0.401. The molecule has 1 saturated heterocycles. The van der Waals surface area contributed by atoms with Crippen LogP contribution in [0.15, 0.2) is 39.5 Å². The average Bonchev–Trinajstić information content (AvgIpc) is 3.42. The molecule has 0 unspecified atom stereocenters.